The van der Waals surface area contributed by atoms with Crippen molar-refractivity contribution in [2.24, 2.45) is 0 Å². The van der Waals surface area contributed by atoms with Crippen LogP contribution in [0, 0.1) is 37.0 Å². The topological polar surface area (TPSA) is 49.8 Å². The average molecular weight is 425 g/mol. The zero-order valence-electron chi connectivity index (χ0n) is 18.4. The molecule has 0 bridgehead atoms. The summed E-state index contributed by atoms with van der Waals surface area (Å²) in [5.74, 6) is 7.12. The molecule has 0 radical (unpaired) electrons. The minimum atomic E-state index is 0.571. The van der Waals surface area contributed by atoms with E-state index in [1.807, 2.05) is 79.7 Å². The van der Waals surface area contributed by atoms with E-state index in [-0.39, 0.29) is 0 Å². The van der Waals surface area contributed by atoms with Gasteiger partial charge >= 0.3 is 0 Å². The first kappa shape index (κ1) is 20.3. The number of oxazole rings is 1. The normalized spacial score (nSPS) is 10.5. The largest absolute Gasteiger partial charge is 0.435 e. The first-order chi connectivity index (χ1) is 16.1. The third-order valence-electron chi connectivity index (χ3n) is 5.49. The summed E-state index contributed by atoms with van der Waals surface area (Å²) in [6.07, 6.45) is 0. The lowest BCUT2D eigenvalue weighted by Gasteiger charge is -2.08. The Bertz CT molecular complexity index is 1570. The number of hydrogen-bond donors (Lipinski definition) is 0. The smallest absolute Gasteiger partial charge is 0.227 e. The van der Waals surface area contributed by atoms with Crippen LogP contribution in [0.1, 0.15) is 27.8 Å². The summed E-state index contributed by atoms with van der Waals surface area (Å²) >= 11 is 0. The van der Waals surface area contributed by atoms with Crippen molar-refractivity contribution in [3.05, 3.63) is 113 Å². The lowest BCUT2D eigenvalue weighted by molar-refractivity contribution is 0.620. The molecule has 0 unspecified atom stereocenters. The minimum Gasteiger partial charge on any atom is -0.435 e. The number of hydrogen-bond acceptors (Lipinski definition) is 3. The predicted octanol–water partition coefficient (Wildman–Crippen LogP) is 7.05. The van der Waals surface area contributed by atoms with Gasteiger partial charge in [0.05, 0.1) is 11.6 Å². The minimum absolute atomic E-state index is 0.571. The average Bonchev–Trinajstić information content (AvgIpc) is 3.28. The van der Waals surface area contributed by atoms with Gasteiger partial charge in [-0.3, -0.25) is 0 Å². The highest BCUT2D eigenvalue weighted by Crippen LogP contribution is 2.35. The zero-order valence-corrected chi connectivity index (χ0v) is 18.4. The van der Waals surface area contributed by atoms with Crippen molar-refractivity contribution in [1.82, 2.24) is 4.98 Å². The van der Waals surface area contributed by atoms with Gasteiger partial charge in [0, 0.05) is 27.8 Å². The van der Waals surface area contributed by atoms with Crippen LogP contribution >= 0.6 is 0 Å². The lowest BCUT2D eigenvalue weighted by atomic mass is 9.95. The van der Waals surface area contributed by atoms with Gasteiger partial charge in [-0.15, -0.1) is 0 Å². The zero-order chi connectivity index (χ0) is 22.8. The third kappa shape index (κ3) is 4.13. The van der Waals surface area contributed by atoms with Gasteiger partial charge in [0.25, 0.3) is 0 Å². The Kier molecular flexibility index (Phi) is 5.23. The quantitative estimate of drug-likeness (QED) is 0.285. The molecule has 1 aromatic heterocycles. The van der Waals surface area contributed by atoms with Crippen LogP contribution in [-0.2, 0) is 0 Å². The van der Waals surface area contributed by atoms with E-state index in [4.69, 9.17) is 9.40 Å². The Morgan fingerprint density at radius 3 is 2.24 bits per heavy atom. The lowest BCUT2D eigenvalue weighted by Crippen LogP contribution is -1.89. The van der Waals surface area contributed by atoms with Crippen molar-refractivity contribution in [3.63, 3.8) is 0 Å². The van der Waals surface area contributed by atoms with E-state index in [0.717, 1.165) is 38.9 Å². The van der Waals surface area contributed by atoms with Crippen LogP contribution in [0.2, 0.25) is 0 Å². The highest BCUT2D eigenvalue weighted by molar-refractivity contribution is 5.94. The fourth-order valence-corrected chi connectivity index (χ4v) is 3.80. The van der Waals surface area contributed by atoms with E-state index in [9.17, 15) is 5.26 Å². The molecule has 0 fully saturated rings. The summed E-state index contributed by atoms with van der Waals surface area (Å²) in [6.45, 7) is 4.09. The van der Waals surface area contributed by atoms with Crippen molar-refractivity contribution < 1.29 is 4.42 Å². The fraction of sp³-hybridized carbons (Fsp3) is 0.0667. The number of nitriles is 1. The summed E-state index contributed by atoms with van der Waals surface area (Å²) in [5, 5.41) is 9.53. The summed E-state index contributed by atoms with van der Waals surface area (Å²) < 4.78 is 6.26. The maximum absolute atomic E-state index is 9.53. The molecule has 33 heavy (non-hydrogen) atoms. The van der Waals surface area contributed by atoms with Crippen LogP contribution in [-0.4, -0.2) is 4.98 Å². The second-order valence-electron chi connectivity index (χ2n) is 8.03. The first-order valence-corrected chi connectivity index (χ1v) is 10.7. The number of aromatic nitrogens is 1. The third-order valence-corrected chi connectivity index (χ3v) is 5.49. The molecular formula is C30H20N2O. The Labute approximate surface area is 193 Å². The Morgan fingerprint density at radius 2 is 1.48 bits per heavy atom. The van der Waals surface area contributed by atoms with Crippen molar-refractivity contribution >= 4 is 11.1 Å². The van der Waals surface area contributed by atoms with Gasteiger partial charge in [-0.1, -0.05) is 47.7 Å². The molecule has 0 N–H and O–H groups in total. The monoisotopic (exact) mass is 424 g/mol. The highest BCUT2D eigenvalue weighted by Gasteiger charge is 2.16. The SMILES string of the molecule is Cc1ccc(C#Cc2ccc(C#N)cc2-c2cc(C)cc3nc(-c4ccccc4)oc23)cc1. The predicted molar refractivity (Wildman–Crippen MR) is 131 cm³/mol. The van der Waals surface area contributed by atoms with Crippen LogP contribution in [0.5, 0.6) is 0 Å². The van der Waals surface area contributed by atoms with Crippen LogP contribution in [0.3, 0.4) is 0 Å². The van der Waals surface area contributed by atoms with E-state index in [1.54, 1.807) is 6.07 Å². The van der Waals surface area contributed by atoms with Crippen molar-refractivity contribution in [2.45, 2.75) is 13.8 Å². The molecule has 4 aromatic carbocycles. The van der Waals surface area contributed by atoms with Gasteiger partial charge in [0.15, 0.2) is 5.58 Å². The van der Waals surface area contributed by atoms with Gasteiger partial charge in [-0.05, 0) is 74.0 Å². The molecule has 0 aliphatic heterocycles. The Morgan fingerprint density at radius 1 is 0.727 bits per heavy atom. The molecule has 0 saturated heterocycles. The Balaban J connectivity index is 1.70. The van der Waals surface area contributed by atoms with Gasteiger partial charge in [-0.25, -0.2) is 4.98 Å². The molecule has 1 heterocycles. The maximum Gasteiger partial charge on any atom is 0.227 e. The molecule has 0 spiro atoms. The van der Waals surface area contributed by atoms with Gasteiger partial charge in [0.1, 0.15) is 5.52 Å². The van der Waals surface area contributed by atoms with Gasteiger partial charge < -0.3 is 4.42 Å². The molecule has 0 aliphatic carbocycles. The molecule has 0 amide bonds. The number of benzene rings is 4. The molecule has 0 atom stereocenters. The van der Waals surface area contributed by atoms with Crippen LogP contribution < -0.4 is 0 Å². The molecule has 0 saturated carbocycles. The van der Waals surface area contributed by atoms with E-state index >= 15 is 0 Å². The summed E-state index contributed by atoms with van der Waals surface area (Å²) in [7, 11) is 0. The molecule has 156 valence electrons. The summed E-state index contributed by atoms with van der Waals surface area (Å²) in [4.78, 5) is 4.74. The standard InChI is InChI=1S/C30H20N2O/c1-20-8-10-22(11-9-20)12-14-24-15-13-23(19-31)18-26(24)27-16-21(2)17-28-29(27)33-30(32-28)25-6-4-3-5-7-25/h3-11,13,15-18H,1-2H3. The molecule has 0 aliphatic rings. The van der Waals surface area contributed by atoms with Crippen molar-refractivity contribution in [1.29, 1.82) is 5.26 Å². The molecule has 3 heteroatoms. The summed E-state index contributed by atoms with van der Waals surface area (Å²) in [5.41, 5.74) is 8.73. The highest BCUT2D eigenvalue weighted by atomic mass is 16.3. The first-order valence-electron chi connectivity index (χ1n) is 10.7. The van der Waals surface area contributed by atoms with Gasteiger partial charge in [0.2, 0.25) is 5.89 Å². The second kappa shape index (κ2) is 8.50. The fourth-order valence-electron chi connectivity index (χ4n) is 3.80. The molecular weight excluding hydrogens is 404 g/mol. The van der Waals surface area contributed by atoms with E-state index in [1.165, 1.54) is 5.56 Å². The number of nitrogens with zero attached hydrogens (tertiary/aromatic N) is 2. The van der Waals surface area contributed by atoms with Crippen LogP contribution in [0.4, 0.5) is 0 Å². The maximum atomic E-state index is 9.53. The molecule has 5 rings (SSSR count). The van der Waals surface area contributed by atoms with Crippen LogP contribution in [0.25, 0.3) is 33.7 Å². The van der Waals surface area contributed by atoms with Gasteiger partial charge in [-0.2, -0.15) is 5.26 Å². The number of aryl methyl sites for hydroxylation is 2. The number of rotatable bonds is 2. The molecule has 5 aromatic rings. The van der Waals surface area contributed by atoms with E-state index < -0.39 is 0 Å². The number of fused-ring (bicyclic) bond motifs is 1. The van der Waals surface area contributed by atoms with Crippen molar-refractivity contribution in [3.8, 4) is 40.5 Å². The van der Waals surface area contributed by atoms with Crippen molar-refractivity contribution in [2.75, 3.05) is 0 Å². The molecule has 3 nitrogen and oxygen atoms in total. The van der Waals surface area contributed by atoms with E-state index in [2.05, 4.69) is 30.9 Å². The van der Waals surface area contributed by atoms with Crippen LogP contribution in [0.15, 0.2) is 89.3 Å². The Hall–Kier alpha value is -4.60. The second-order valence-corrected chi connectivity index (χ2v) is 8.03. The van der Waals surface area contributed by atoms with E-state index in [0.29, 0.717) is 17.0 Å². The summed E-state index contributed by atoms with van der Waals surface area (Å²) in [6, 6.07) is 29.9.